The summed E-state index contributed by atoms with van der Waals surface area (Å²) in [4.78, 5) is 30.3. The number of benzene rings is 2. The van der Waals surface area contributed by atoms with Crippen LogP contribution in [-0.2, 0) is 11.3 Å². The first kappa shape index (κ1) is 18.8. The largest absolute Gasteiger partial charge is 0.339 e. The molecule has 0 aliphatic rings. The quantitative estimate of drug-likeness (QED) is 0.689. The zero-order valence-corrected chi connectivity index (χ0v) is 16.1. The predicted molar refractivity (Wildman–Crippen MR) is 109 cm³/mol. The second-order valence-electron chi connectivity index (χ2n) is 6.09. The zero-order valence-electron chi connectivity index (χ0n) is 15.3. The molecule has 3 aromatic rings. The third-order valence-corrected chi connectivity index (χ3v) is 5.03. The number of hydrogen-bond acceptors (Lipinski definition) is 4. The topological polar surface area (TPSA) is 62.3 Å². The molecule has 2 aromatic carbocycles. The molecule has 138 valence electrons. The van der Waals surface area contributed by atoms with Gasteiger partial charge in [0.05, 0.1) is 0 Å². The highest BCUT2D eigenvalue weighted by molar-refractivity contribution is 7.13. The lowest BCUT2D eigenvalue weighted by Crippen LogP contribution is -2.27. The van der Waals surface area contributed by atoms with Crippen molar-refractivity contribution in [1.29, 1.82) is 0 Å². The highest BCUT2D eigenvalue weighted by Gasteiger charge is 2.13. The molecule has 5 nitrogen and oxygen atoms in total. The van der Waals surface area contributed by atoms with Crippen molar-refractivity contribution >= 4 is 28.8 Å². The molecular formula is C21H21N3O2S. The Labute approximate surface area is 162 Å². The summed E-state index contributed by atoms with van der Waals surface area (Å²) < 4.78 is 0. The van der Waals surface area contributed by atoms with Crippen LogP contribution >= 0.6 is 11.3 Å². The second-order valence-corrected chi connectivity index (χ2v) is 6.95. The number of carbonyl (C=O) groups is 2. The molecule has 0 radical (unpaired) electrons. The standard InChI is InChI=1S/C21H21N3O2S/c1-3-24(15(2)25)13-16-8-7-11-18(12-16)22-20(26)19-14-27-21(23-19)17-9-5-4-6-10-17/h4-12,14H,3,13H2,1-2H3,(H,22,26). The Morgan fingerprint density at radius 3 is 2.59 bits per heavy atom. The van der Waals surface area contributed by atoms with Crippen LogP contribution in [-0.4, -0.2) is 28.2 Å². The van der Waals surface area contributed by atoms with Crippen LogP contribution in [0.1, 0.15) is 29.9 Å². The van der Waals surface area contributed by atoms with Gasteiger partial charge in [-0.15, -0.1) is 11.3 Å². The van der Waals surface area contributed by atoms with Crippen LogP contribution in [0.4, 0.5) is 5.69 Å². The summed E-state index contributed by atoms with van der Waals surface area (Å²) >= 11 is 1.44. The van der Waals surface area contributed by atoms with Gasteiger partial charge in [-0.3, -0.25) is 9.59 Å². The highest BCUT2D eigenvalue weighted by Crippen LogP contribution is 2.24. The lowest BCUT2D eigenvalue weighted by Gasteiger charge is -2.19. The summed E-state index contributed by atoms with van der Waals surface area (Å²) in [5.74, 6) is -0.215. The lowest BCUT2D eigenvalue weighted by atomic mass is 10.2. The van der Waals surface area contributed by atoms with Gasteiger partial charge in [-0.05, 0) is 24.6 Å². The van der Waals surface area contributed by atoms with Crippen LogP contribution in [0.15, 0.2) is 60.0 Å². The molecule has 0 saturated heterocycles. The van der Waals surface area contributed by atoms with Crippen molar-refractivity contribution < 1.29 is 9.59 Å². The van der Waals surface area contributed by atoms with Crippen molar-refractivity contribution in [3.8, 4) is 10.6 Å². The molecule has 2 amide bonds. The van der Waals surface area contributed by atoms with E-state index in [1.165, 1.54) is 11.3 Å². The third kappa shape index (κ3) is 4.80. The number of anilines is 1. The van der Waals surface area contributed by atoms with E-state index in [2.05, 4.69) is 10.3 Å². The molecule has 27 heavy (non-hydrogen) atoms. The molecule has 0 fully saturated rings. The number of thiazole rings is 1. The summed E-state index contributed by atoms with van der Waals surface area (Å²) in [6.07, 6.45) is 0. The lowest BCUT2D eigenvalue weighted by molar-refractivity contribution is -0.129. The fourth-order valence-electron chi connectivity index (χ4n) is 2.70. The summed E-state index contributed by atoms with van der Waals surface area (Å²) in [5, 5.41) is 5.46. The Kier molecular flexibility index (Phi) is 5.98. The van der Waals surface area contributed by atoms with E-state index in [-0.39, 0.29) is 11.8 Å². The first-order valence-corrected chi connectivity index (χ1v) is 9.61. The molecule has 0 spiro atoms. The molecule has 1 heterocycles. The van der Waals surface area contributed by atoms with Crippen molar-refractivity contribution in [3.05, 3.63) is 71.2 Å². The maximum Gasteiger partial charge on any atom is 0.275 e. The van der Waals surface area contributed by atoms with E-state index in [1.54, 1.807) is 17.2 Å². The van der Waals surface area contributed by atoms with E-state index in [4.69, 9.17) is 0 Å². The van der Waals surface area contributed by atoms with Crippen molar-refractivity contribution in [1.82, 2.24) is 9.88 Å². The van der Waals surface area contributed by atoms with Gasteiger partial charge in [0.15, 0.2) is 0 Å². The molecule has 0 atom stereocenters. The fourth-order valence-corrected chi connectivity index (χ4v) is 3.51. The third-order valence-electron chi connectivity index (χ3n) is 4.14. The van der Waals surface area contributed by atoms with Gasteiger partial charge in [0.1, 0.15) is 10.7 Å². The van der Waals surface area contributed by atoms with E-state index in [1.807, 2.05) is 61.5 Å². The van der Waals surface area contributed by atoms with Crippen molar-refractivity contribution in [2.75, 3.05) is 11.9 Å². The van der Waals surface area contributed by atoms with E-state index >= 15 is 0 Å². The summed E-state index contributed by atoms with van der Waals surface area (Å²) in [6, 6.07) is 17.3. The predicted octanol–water partition coefficient (Wildman–Crippen LogP) is 4.43. The summed E-state index contributed by atoms with van der Waals surface area (Å²) in [5.41, 5.74) is 3.04. The highest BCUT2D eigenvalue weighted by atomic mass is 32.1. The number of hydrogen-bond donors (Lipinski definition) is 1. The van der Waals surface area contributed by atoms with Crippen LogP contribution in [0.2, 0.25) is 0 Å². The molecule has 0 bridgehead atoms. The van der Waals surface area contributed by atoms with E-state index in [0.29, 0.717) is 24.5 Å². The van der Waals surface area contributed by atoms with Gasteiger partial charge in [0, 0.05) is 36.6 Å². The Morgan fingerprint density at radius 1 is 1.11 bits per heavy atom. The van der Waals surface area contributed by atoms with Crippen molar-refractivity contribution in [2.24, 2.45) is 0 Å². The molecular weight excluding hydrogens is 358 g/mol. The molecule has 6 heteroatoms. The molecule has 1 aromatic heterocycles. The monoisotopic (exact) mass is 379 g/mol. The van der Waals surface area contributed by atoms with Crippen LogP contribution < -0.4 is 5.32 Å². The average molecular weight is 379 g/mol. The van der Waals surface area contributed by atoms with Crippen molar-refractivity contribution in [2.45, 2.75) is 20.4 Å². The Morgan fingerprint density at radius 2 is 1.89 bits per heavy atom. The SMILES string of the molecule is CCN(Cc1cccc(NC(=O)c2csc(-c3ccccc3)n2)c1)C(C)=O. The van der Waals surface area contributed by atoms with E-state index < -0.39 is 0 Å². The Balaban J connectivity index is 1.70. The van der Waals surface area contributed by atoms with Gasteiger partial charge in [-0.2, -0.15) is 0 Å². The average Bonchev–Trinajstić information content (AvgIpc) is 3.17. The number of aromatic nitrogens is 1. The number of nitrogens with zero attached hydrogens (tertiary/aromatic N) is 2. The van der Waals surface area contributed by atoms with Crippen molar-refractivity contribution in [3.63, 3.8) is 0 Å². The first-order valence-electron chi connectivity index (χ1n) is 8.73. The van der Waals surface area contributed by atoms with Crippen LogP contribution in [0.5, 0.6) is 0 Å². The Hall–Kier alpha value is -2.99. The molecule has 0 saturated carbocycles. The van der Waals surface area contributed by atoms with Gasteiger partial charge in [-0.25, -0.2) is 4.98 Å². The summed E-state index contributed by atoms with van der Waals surface area (Å²) in [6.45, 7) is 4.67. The van der Waals surface area contributed by atoms with E-state index in [0.717, 1.165) is 16.1 Å². The van der Waals surface area contributed by atoms with Crippen LogP contribution in [0.3, 0.4) is 0 Å². The van der Waals surface area contributed by atoms with Gasteiger partial charge >= 0.3 is 0 Å². The number of nitrogens with one attached hydrogen (secondary N) is 1. The molecule has 0 unspecified atom stereocenters. The second kappa shape index (κ2) is 8.60. The number of rotatable bonds is 6. The Bertz CT molecular complexity index is 937. The minimum Gasteiger partial charge on any atom is -0.339 e. The normalized spacial score (nSPS) is 10.4. The van der Waals surface area contributed by atoms with Crippen LogP contribution in [0, 0.1) is 0 Å². The zero-order chi connectivity index (χ0) is 19.2. The molecule has 1 N–H and O–H groups in total. The van der Waals surface area contributed by atoms with Crippen LogP contribution in [0.25, 0.3) is 10.6 Å². The van der Waals surface area contributed by atoms with E-state index in [9.17, 15) is 9.59 Å². The molecule has 0 aliphatic carbocycles. The van der Waals surface area contributed by atoms with Gasteiger partial charge in [0.25, 0.3) is 5.91 Å². The van der Waals surface area contributed by atoms with Gasteiger partial charge in [0.2, 0.25) is 5.91 Å². The molecule has 3 rings (SSSR count). The maximum atomic E-state index is 12.5. The number of carbonyl (C=O) groups excluding carboxylic acids is 2. The van der Waals surface area contributed by atoms with Gasteiger partial charge in [-0.1, -0.05) is 42.5 Å². The minimum absolute atomic E-state index is 0.0304. The fraction of sp³-hybridized carbons (Fsp3) is 0.190. The maximum absolute atomic E-state index is 12.5. The molecule has 0 aliphatic heterocycles. The number of amides is 2. The smallest absolute Gasteiger partial charge is 0.275 e. The summed E-state index contributed by atoms with van der Waals surface area (Å²) in [7, 11) is 0. The first-order chi connectivity index (χ1) is 13.1. The minimum atomic E-state index is -0.246. The van der Waals surface area contributed by atoms with Gasteiger partial charge < -0.3 is 10.2 Å².